The van der Waals surface area contributed by atoms with Crippen molar-refractivity contribution in [3.05, 3.63) is 161 Å². The van der Waals surface area contributed by atoms with Crippen molar-refractivity contribution < 1.29 is 14.2 Å². The van der Waals surface area contributed by atoms with E-state index in [0.29, 0.717) is 19.3 Å². The molecule has 0 aromatic heterocycles. The highest BCUT2D eigenvalue weighted by Crippen LogP contribution is 2.50. The van der Waals surface area contributed by atoms with Gasteiger partial charge < -0.3 is 31.4 Å². The zero-order chi connectivity index (χ0) is 33.3. The number of para-hydroxylation sites is 3. The zero-order valence-electron chi connectivity index (χ0n) is 27.7. The van der Waals surface area contributed by atoms with Crippen LogP contribution in [0.1, 0.15) is 63.6 Å². The van der Waals surface area contributed by atoms with Crippen LogP contribution in [0.25, 0.3) is 0 Å². The van der Waals surface area contributed by atoms with Crippen LogP contribution in [0.3, 0.4) is 0 Å². The predicted octanol–water partition coefficient (Wildman–Crippen LogP) is 7.86. The van der Waals surface area contributed by atoms with Crippen molar-refractivity contribution in [2.24, 2.45) is 17.2 Å². The van der Waals surface area contributed by atoms with Gasteiger partial charge in [-0.1, -0.05) is 72.8 Å². The van der Waals surface area contributed by atoms with E-state index in [-0.39, 0.29) is 0 Å². The summed E-state index contributed by atoms with van der Waals surface area (Å²) in [5.74, 6) is 4.43. The van der Waals surface area contributed by atoms with Gasteiger partial charge in [0, 0.05) is 33.3 Å². The molecular formula is C41H45N3O3. The molecule has 0 fully saturated rings. The highest BCUT2D eigenvalue weighted by Gasteiger charge is 2.39. The van der Waals surface area contributed by atoms with Crippen molar-refractivity contribution in [1.82, 2.24) is 0 Å². The quantitative estimate of drug-likeness (QED) is 0.209. The first kappa shape index (κ1) is 32.3. The van der Waals surface area contributed by atoms with Gasteiger partial charge in [0.15, 0.2) is 0 Å². The fourth-order valence-electron chi connectivity index (χ4n) is 6.14. The van der Waals surface area contributed by atoms with Gasteiger partial charge >= 0.3 is 0 Å². The third-order valence-corrected chi connectivity index (χ3v) is 9.07. The maximum absolute atomic E-state index is 6.66. The molecule has 3 aromatic carbocycles. The molecule has 3 unspecified atom stereocenters. The van der Waals surface area contributed by atoms with E-state index >= 15 is 0 Å². The maximum Gasteiger partial charge on any atom is 0.131 e. The normalized spacial score (nSPS) is 26.5. The van der Waals surface area contributed by atoms with Crippen LogP contribution >= 0.6 is 0 Å². The summed E-state index contributed by atoms with van der Waals surface area (Å²) in [5.41, 5.74) is 19.9. The van der Waals surface area contributed by atoms with Crippen LogP contribution < -0.4 is 31.4 Å². The lowest BCUT2D eigenvalue weighted by Crippen LogP contribution is -2.34. The second-order valence-electron chi connectivity index (χ2n) is 13.9. The molecular weight excluding hydrogens is 582 g/mol. The van der Waals surface area contributed by atoms with Crippen molar-refractivity contribution in [1.29, 1.82) is 0 Å². The van der Waals surface area contributed by atoms with Gasteiger partial charge in [-0.05, 0) is 102 Å². The lowest BCUT2D eigenvalue weighted by molar-refractivity contribution is 0.397. The summed E-state index contributed by atoms with van der Waals surface area (Å²) >= 11 is 0. The molecule has 0 bridgehead atoms. The Morgan fingerprint density at radius 1 is 0.489 bits per heavy atom. The molecule has 242 valence electrons. The number of nitrogens with two attached hydrogens (primary N) is 3. The fraction of sp³-hybridized carbons (Fsp3) is 0.268. The first-order chi connectivity index (χ1) is 22.3. The Morgan fingerprint density at radius 3 is 1.02 bits per heavy atom. The van der Waals surface area contributed by atoms with Crippen LogP contribution in [0, 0.1) is 0 Å². The number of benzene rings is 3. The Kier molecular flexibility index (Phi) is 8.62. The van der Waals surface area contributed by atoms with Gasteiger partial charge in [-0.15, -0.1) is 0 Å². The molecule has 3 aromatic rings. The summed E-state index contributed by atoms with van der Waals surface area (Å²) in [6, 6.07) is 24.5. The minimum Gasteiger partial charge on any atom is -0.457 e. The molecule has 0 amide bonds. The molecule has 3 aliphatic carbocycles. The molecule has 6 N–H and O–H groups in total. The van der Waals surface area contributed by atoms with E-state index in [9.17, 15) is 0 Å². The highest BCUT2D eigenvalue weighted by atomic mass is 16.5. The van der Waals surface area contributed by atoms with Crippen LogP contribution in [0.2, 0.25) is 0 Å². The minimum absolute atomic E-state index is 0.402. The molecule has 0 heterocycles. The monoisotopic (exact) mass is 627 g/mol. The molecule has 6 rings (SSSR count). The third-order valence-electron chi connectivity index (χ3n) is 9.07. The number of hydrogen-bond acceptors (Lipinski definition) is 6. The number of rotatable bonds is 9. The topological polar surface area (TPSA) is 106 Å². The second-order valence-corrected chi connectivity index (χ2v) is 13.9. The Bertz CT molecular complexity index is 1630. The average Bonchev–Trinajstić information content (AvgIpc) is 3.04. The van der Waals surface area contributed by atoms with Crippen LogP contribution in [-0.2, 0) is 5.41 Å². The lowest BCUT2D eigenvalue weighted by atomic mass is 9.70. The number of hydrogen-bond donors (Lipinski definition) is 3. The van der Waals surface area contributed by atoms with Crippen LogP contribution in [0.4, 0.5) is 0 Å². The molecule has 0 saturated heterocycles. The van der Waals surface area contributed by atoms with Crippen molar-refractivity contribution >= 4 is 0 Å². The molecule has 3 aliphatic rings. The minimum atomic E-state index is -0.798. The van der Waals surface area contributed by atoms with Crippen molar-refractivity contribution in [3.8, 4) is 17.2 Å². The van der Waals surface area contributed by atoms with E-state index in [2.05, 4.69) is 25.1 Å². The van der Waals surface area contributed by atoms with E-state index in [4.69, 9.17) is 31.4 Å². The largest absolute Gasteiger partial charge is 0.457 e. The number of allylic oxidation sites excluding steroid dienone is 3. The Labute approximate surface area is 278 Å². The molecule has 6 nitrogen and oxygen atoms in total. The van der Waals surface area contributed by atoms with Gasteiger partial charge in [0.1, 0.15) is 34.5 Å². The molecule has 0 aliphatic heterocycles. The molecule has 0 saturated carbocycles. The van der Waals surface area contributed by atoms with E-state index in [1.807, 2.05) is 130 Å². The highest BCUT2D eigenvalue weighted by molar-refractivity contribution is 5.62. The van der Waals surface area contributed by atoms with Crippen molar-refractivity contribution in [2.75, 3.05) is 0 Å². The zero-order valence-corrected chi connectivity index (χ0v) is 27.7. The smallest absolute Gasteiger partial charge is 0.131 e. The molecule has 0 spiro atoms. The van der Waals surface area contributed by atoms with E-state index in [1.165, 1.54) is 0 Å². The van der Waals surface area contributed by atoms with Crippen LogP contribution in [0.5, 0.6) is 17.2 Å². The predicted molar refractivity (Wildman–Crippen MR) is 190 cm³/mol. The molecule has 3 atom stereocenters. The SMILES string of the molecule is CC1(N)C=CC(Oc2ccccc2C(C)(c2ccccc2OC2=CCC(C)(N)C=C2)c2ccccc2OC2=CCC(C)(N)C=C2)=CC1. The molecule has 47 heavy (non-hydrogen) atoms. The molecule has 0 radical (unpaired) electrons. The van der Waals surface area contributed by atoms with E-state index < -0.39 is 22.0 Å². The Morgan fingerprint density at radius 2 is 0.766 bits per heavy atom. The van der Waals surface area contributed by atoms with E-state index in [1.54, 1.807) is 0 Å². The summed E-state index contributed by atoms with van der Waals surface area (Å²) < 4.78 is 20.0. The first-order valence-electron chi connectivity index (χ1n) is 16.2. The van der Waals surface area contributed by atoms with Crippen LogP contribution in [-0.4, -0.2) is 16.6 Å². The van der Waals surface area contributed by atoms with Gasteiger partial charge in [-0.3, -0.25) is 0 Å². The van der Waals surface area contributed by atoms with E-state index in [0.717, 1.165) is 51.2 Å². The summed E-state index contributed by atoms with van der Waals surface area (Å²) in [6.07, 6.45) is 20.0. The molecule has 6 heteroatoms. The lowest BCUT2D eigenvalue weighted by Gasteiger charge is -2.36. The summed E-state index contributed by atoms with van der Waals surface area (Å²) in [6.45, 7) is 8.22. The summed E-state index contributed by atoms with van der Waals surface area (Å²) in [7, 11) is 0. The van der Waals surface area contributed by atoms with Gasteiger partial charge in [0.2, 0.25) is 0 Å². The van der Waals surface area contributed by atoms with Crippen molar-refractivity contribution in [3.63, 3.8) is 0 Å². The van der Waals surface area contributed by atoms with Crippen molar-refractivity contribution in [2.45, 2.75) is 69.0 Å². The summed E-state index contributed by atoms with van der Waals surface area (Å²) in [4.78, 5) is 0. The second kappa shape index (κ2) is 12.5. The van der Waals surface area contributed by atoms with Gasteiger partial charge in [0.05, 0.1) is 5.41 Å². The Hall–Kier alpha value is -4.62. The average molecular weight is 628 g/mol. The van der Waals surface area contributed by atoms with Gasteiger partial charge in [-0.2, -0.15) is 0 Å². The standard InChI is InChI=1S/C41H45N3O3/c1-38(42)23-17-29(18-24-38)45-35-14-8-5-11-32(35)41(4,33-12-6-9-15-36(33)46-30-19-25-39(2,43)26-20-30)34-13-7-10-16-37(34)47-31-21-27-40(3,44)28-22-31/h5-23,25,27H,24,26,28,42-44H2,1-4H3. The summed E-state index contributed by atoms with van der Waals surface area (Å²) in [5, 5.41) is 0. The Balaban J connectivity index is 1.49. The number of ether oxygens (including phenoxy) is 3. The van der Waals surface area contributed by atoms with Gasteiger partial charge in [0.25, 0.3) is 0 Å². The first-order valence-corrected chi connectivity index (χ1v) is 16.2. The third kappa shape index (κ3) is 7.20. The fourth-order valence-corrected chi connectivity index (χ4v) is 6.14. The van der Waals surface area contributed by atoms with Crippen LogP contribution in [0.15, 0.2) is 145 Å². The van der Waals surface area contributed by atoms with Gasteiger partial charge in [-0.25, -0.2) is 0 Å². The maximum atomic E-state index is 6.66.